The molecule has 0 bridgehead atoms. The standard InChI is InChI=1S/C13H16N2O/c1-10-2-4-11(5-3-10)6-7-13(16)12-8-14-9-15-12/h2-5,8-9,13,16H,6-7H2,1H3,(H,14,15). The van der Waals surface area contributed by atoms with Crippen LogP contribution in [-0.2, 0) is 6.42 Å². The van der Waals surface area contributed by atoms with E-state index in [0.717, 1.165) is 12.1 Å². The van der Waals surface area contributed by atoms with E-state index in [1.54, 1.807) is 12.5 Å². The number of aromatic amines is 1. The largest absolute Gasteiger partial charge is 0.387 e. The van der Waals surface area contributed by atoms with Crippen molar-refractivity contribution < 1.29 is 5.11 Å². The Balaban J connectivity index is 1.90. The summed E-state index contributed by atoms with van der Waals surface area (Å²) in [5, 5.41) is 9.85. The van der Waals surface area contributed by atoms with Crippen LogP contribution in [0.15, 0.2) is 36.8 Å². The Morgan fingerprint density at radius 2 is 2.06 bits per heavy atom. The summed E-state index contributed by atoms with van der Waals surface area (Å²) in [6, 6.07) is 8.40. The first-order valence-electron chi connectivity index (χ1n) is 5.47. The lowest BCUT2D eigenvalue weighted by atomic mass is 10.0. The number of hydrogen-bond donors (Lipinski definition) is 2. The maximum Gasteiger partial charge on any atom is 0.0956 e. The van der Waals surface area contributed by atoms with E-state index in [-0.39, 0.29) is 0 Å². The van der Waals surface area contributed by atoms with E-state index in [2.05, 4.69) is 41.2 Å². The summed E-state index contributed by atoms with van der Waals surface area (Å²) >= 11 is 0. The third kappa shape index (κ3) is 2.70. The molecule has 0 saturated carbocycles. The number of benzene rings is 1. The Labute approximate surface area is 95.2 Å². The first kappa shape index (κ1) is 10.9. The van der Waals surface area contributed by atoms with E-state index in [1.165, 1.54) is 11.1 Å². The van der Waals surface area contributed by atoms with Crippen LogP contribution in [0.25, 0.3) is 0 Å². The smallest absolute Gasteiger partial charge is 0.0956 e. The molecule has 1 unspecified atom stereocenters. The van der Waals surface area contributed by atoms with Gasteiger partial charge in [-0.05, 0) is 25.3 Å². The molecule has 2 rings (SSSR count). The molecule has 16 heavy (non-hydrogen) atoms. The second-order valence-corrected chi connectivity index (χ2v) is 4.05. The van der Waals surface area contributed by atoms with E-state index >= 15 is 0 Å². The van der Waals surface area contributed by atoms with Crippen molar-refractivity contribution in [2.45, 2.75) is 25.9 Å². The Bertz CT molecular complexity index is 420. The third-order valence-electron chi connectivity index (χ3n) is 2.71. The van der Waals surface area contributed by atoms with Crippen LogP contribution in [0.1, 0.15) is 29.3 Å². The van der Waals surface area contributed by atoms with Gasteiger partial charge in [0.15, 0.2) is 0 Å². The number of hydrogen-bond acceptors (Lipinski definition) is 2. The molecule has 2 N–H and O–H groups in total. The maximum atomic E-state index is 9.85. The fraction of sp³-hybridized carbons (Fsp3) is 0.308. The summed E-state index contributed by atoms with van der Waals surface area (Å²) in [7, 11) is 0. The Hall–Kier alpha value is -1.61. The molecule has 0 spiro atoms. The monoisotopic (exact) mass is 216 g/mol. The van der Waals surface area contributed by atoms with Crippen LogP contribution < -0.4 is 0 Å². The molecular weight excluding hydrogens is 200 g/mol. The van der Waals surface area contributed by atoms with E-state index in [0.29, 0.717) is 6.42 Å². The molecule has 0 aliphatic carbocycles. The van der Waals surface area contributed by atoms with Gasteiger partial charge in [0.1, 0.15) is 0 Å². The fourth-order valence-corrected chi connectivity index (χ4v) is 1.66. The summed E-state index contributed by atoms with van der Waals surface area (Å²) in [4.78, 5) is 6.82. The molecule has 0 saturated heterocycles. The average molecular weight is 216 g/mol. The van der Waals surface area contributed by atoms with Crippen molar-refractivity contribution in [3.63, 3.8) is 0 Å². The van der Waals surface area contributed by atoms with Gasteiger partial charge in [-0.25, -0.2) is 4.98 Å². The maximum absolute atomic E-state index is 9.85. The lowest BCUT2D eigenvalue weighted by Crippen LogP contribution is -1.99. The number of aromatic nitrogens is 2. The summed E-state index contributed by atoms with van der Waals surface area (Å²) in [6.07, 6.45) is 4.39. The highest BCUT2D eigenvalue weighted by Gasteiger charge is 2.08. The minimum absolute atomic E-state index is 0.455. The van der Waals surface area contributed by atoms with Gasteiger partial charge in [-0.1, -0.05) is 29.8 Å². The molecule has 84 valence electrons. The highest BCUT2D eigenvalue weighted by atomic mass is 16.3. The molecular formula is C13H16N2O. The summed E-state index contributed by atoms with van der Waals surface area (Å²) < 4.78 is 0. The number of rotatable bonds is 4. The molecule has 0 aliphatic heterocycles. The SMILES string of the molecule is Cc1ccc(CCC(O)c2cnc[nH]2)cc1. The minimum atomic E-state index is -0.455. The quantitative estimate of drug-likeness (QED) is 0.824. The topological polar surface area (TPSA) is 48.9 Å². The zero-order valence-corrected chi connectivity index (χ0v) is 9.35. The molecule has 2 aromatic rings. The van der Waals surface area contributed by atoms with Crippen molar-refractivity contribution in [3.05, 3.63) is 53.6 Å². The van der Waals surface area contributed by atoms with Crippen LogP contribution in [0.4, 0.5) is 0 Å². The first-order valence-corrected chi connectivity index (χ1v) is 5.47. The molecule has 0 radical (unpaired) electrons. The summed E-state index contributed by atoms with van der Waals surface area (Å²) in [5.74, 6) is 0. The number of imidazole rings is 1. The number of nitrogens with one attached hydrogen (secondary N) is 1. The van der Waals surface area contributed by atoms with Crippen molar-refractivity contribution in [2.75, 3.05) is 0 Å². The number of aryl methyl sites for hydroxylation is 2. The van der Waals surface area contributed by atoms with Gasteiger partial charge in [-0.15, -0.1) is 0 Å². The first-order chi connectivity index (χ1) is 7.75. The Morgan fingerprint density at radius 1 is 1.31 bits per heavy atom. The zero-order chi connectivity index (χ0) is 11.4. The predicted molar refractivity (Wildman–Crippen MR) is 63.0 cm³/mol. The van der Waals surface area contributed by atoms with Crippen molar-refractivity contribution in [1.82, 2.24) is 9.97 Å². The normalized spacial score (nSPS) is 12.6. The third-order valence-corrected chi connectivity index (χ3v) is 2.71. The van der Waals surface area contributed by atoms with Gasteiger partial charge in [0.25, 0.3) is 0 Å². The van der Waals surface area contributed by atoms with Crippen LogP contribution in [-0.4, -0.2) is 15.1 Å². The molecule has 1 atom stereocenters. The number of H-pyrrole nitrogens is 1. The Morgan fingerprint density at radius 3 is 2.69 bits per heavy atom. The second-order valence-electron chi connectivity index (χ2n) is 4.05. The molecule has 1 aromatic heterocycles. The van der Waals surface area contributed by atoms with Crippen LogP contribution in [0.3, 0.4) is 0 Å². The fourth-order valence-electron chi connectivity index (χ4n) is 1.66. The van der Waals surface area contributed by atoms with E-state index in [4.69, 9.17) is 0 Å². The lowest BCUT2D eigenvalue weighted by molar-refractivity contribution is 0.163. The highest BCUT2D eigenvalue weighted by molar-refractivity contribution is 5.21. The van der Waals surface area contributed by atoms with E-state index in [1.807, 2.05) is 0 Å². The van der Waals surface area contributed by atoms with Crippen molar-refractivity contribution in [1.29, 1.82) is 0 Å². The van der Waals surface area contributed by atoms with Crippen LogP contribution in [0.2, 0.25) is 0 Å². The molecule has 3 heteroatoms. The van der Waals surface area contributed by atoms with Gasteiger partial charge >= 0.3 is 0 Å². The Kier molecular flexibility index (Phi) is 3.37. The van der Waals surface area contributed by atoms with Gasteiger partial charge in [0.2, 0.25) is 0 Å². The van der Waals surface area contributed by atoms with E-state index in [9.17, 15) is 5.11 Å². The zero-order valence-electron chi connectivity index (χ0n) is 9.35. The van der Waals surface area contributed by atoms with Crippen LogP contribution >= 0.6 is 0 Å². The van der Waals surface area contributed by atoms with Crippen LogP contribution in [0.5, 0.6) is 0 Å². The lowest BCUT2D eigenvalue weighted by Gasteiger charge is -2.08. The van der Waals surface area contributed by atoms with Crippen molar-refractivity contribution >= 4 is 0 Å². The van der Waals surface area contributed by atoms with Crippen LogP contribution in [0, 0.1) is 6.92 Å². The van der Waals surface area contributed by atoms with Gasteiger partial charge in [0.05, 0.1) is 24.3 Å². The second kappa shape index (κ2) is 4.94. The average Bonchev–Trinajstić information content (AvgIpc) is 2.81. The number of nitrogens with zero attached hydrogens (tertiary/aromatic N) is 1. The predicted octanol–water partition coefficient (Wildman–Crippen LogP) is 2.38. The van der Waals surface area contributed by atoms with Gasteiger partial charge in [-0.3, -0.25) is 0 Å². The van der Waals surface area contributed by atoms with Crippen molar-refractivity contribution in [2.24, 2.45) is 0 Å². The van der Waals surface area contributed by atoms with Crippen molar-refractivity contribution in [3.8, 4) is 0 Å². The molecule has 0 aliphatic rings. The molecule has 1 aromatic carbocycles. The summed E-state index contributed by atoms with van der Waals surface area (Å²) in [6.45, 7) is 2.07. The molecule has 3 nitrogen and oxygen atoms in total. The molecule has 0 fully saturated rings. The minimum Gasteiger partial charge on any atom is -0.387 e. The van der Waals surface area contributed by atoms with Gasteiger partial charge < -0.3 is 10.1 Å². The molecule has 1 heterocycles. The van der Waals surface area contributed by atoms with E-state index < -0.39 is 6.10 Å². The number of aliphatic hydroxyl groups is 1. The molecule has 0 amide bonds. The highest BCUT2D eigenvalue weighted by Crippen LogP contribution is 2.16. The number of aliphatic hydroxyl groups excluding tert-OH is 1. The summed E-state index contributed by atoms with van der Waals surface area (Å²) in [5.41, 5.74) is 3.30. The van der Waals surface area contributed by atoms with Gasteiger partial charge in [0, 0.05) is 0 Å². The van der Waals surface area contributed by atoms with Gasteiger partial charge in [-0.2, -0.15) is 0 Å².